The Labute approximate surface area is 226 Å². The minimum atomic E-state index is -0.960. The van der Waals surface area contributed by atoms with E-state index in [0.29, 0.717) is 28.3 Å². The first-order chi connectivity index (χ1) is 18.7. The first kappa shape index (κ1) is 27.2. The number of ether oxygens (including phenoxy) is 2. The quantitative estimate of drug-likeness (QED) is 0.203. The van der Waals surface area contributed by atoms with Gasteiger partial charge in [0.25, 0.3) is 5.91 Å². The van der Waals surface area contributed by atoms with E-state index in [9.17, 15) is 19.5 Å². The molecule has 0 heterocycles. The summed E-state index contributed by atoms with van der Waals surface area (Å²) in [5, 5.41) is 18.1. The van der Waals surface area contributed by atoms with Gasteiger partial charge >= 0.3 is 11.9 Å². The van der Waals surface area contributed by atoms with Crippen LogP contribution in [0.1, 0.15) is 46.9 Å². The Kier molecular flexibility index (Phi) is 8.15. The molecule has 0 bridgehead atoms. The molecule has 0 unspecified atom stereocenters. The maximum atomic E-state index is 13.1. The Hall–Kier alpha value is -4.85. The predicted octanol–water partition coefficient (Wildman–Crippen LogP) is 5.95. The number of carbonyl (C=O) groups is 3. The van der Waals surface area contributed by atoms with E-state index in [1.807, 2.05) is 49.4 Å². The van der Waals surface area contributed by atoms with Gasteiger partial charge in [-0.05, 0) is 91.6 Å². The van der Waals surface area contributed by atoms with Crippen LogP contribution in [-0.2, 0) is 14.3 Å². The Morgan fingerprint density at radius 3 is 2.28 bits per heavy atom. The van der Waals surface area contributed by atoms with Crippen molar-refractivity contribution in [3.05, 3.63) is 95.1 Å². The average Bonchev–Trinajstić information content (AvgIpc) is 2.91. The fourth-order valence-corrected chi connectivity index (χ4v) is 4.28. The van der Waals surface area contributed by atoms with Gasteiger partial charge in [-0.1, -0.05) is 36.4 Å². The van der Waals surface area contributed by atoms with Gasteiger partial charge in [-0.25, -0.2) is 4.79 Å². The second-order valence-corrected chi connectivity index (χ2v) is 9.20. The number of fused-ring (bicyclic) bond motifs is 1. The van der Waals surface area contributed by atoms with Crippen LogP contribution >= 0.6 is 0 Å². The van der Waals surface area contributed by atoms with Crippen LogP contribution in [-0.4, -0.2) is 29.5 Å². The molecule has 0 saturated heterocycles. The van der Waals surface area contributed by atoms with Gasteiger partial charge in [-0.3, -0.25) is 9.59 Å². The second-order valence-electron chi connectivity index (χ2n) is 9.20. The van der Waals surface area contributed by atoms with Gasteiger partial charge < -0.3 is 25.2 Å². The van der Waals surface area contributed by atoms with Crippen LogP contribution in [0.5, 0.6) is 17.2 Å². The summed E-state index contributed by atoms with van der Waals surface area (Å²) >= 11 is 0. The molecular weight excluding hydrogens is 496 g/mol. The Balaban J connectivity index is 1.50. The number of anilines is 1. The molecular formula is C31H30N2O6. The topological polar surface area (TPSA) is 114 Å². The summed E-state index contributed by atoms with van der Waals surface area (Å²) in [7, 11) is 0. The monoisotopic (exact) mass is 526 g/mol. The third-order valence-electron chi connectivity index (χ3n) is 6.23. The molecule has 0 aliphatic carbocycles. The summed E-state index contributed by atoms with van der Waals surface area (Å²) in [6, 6.07) is 21.5. The molecule has 8 nitrogen and oxygen atoms in total. The number of phenolic OH excluding ortho intramolecular Hbond substituents is 1. The van der Waals surface area contributed by atoms with E-state index in [0.717, 1.165) is 16.3 Å². The molecule has 0 saturated carbocycles. The highest BCUT2D eigenvalue weighted by molar-refractivity contribution is 6.37. The fourth-order valence-electron chi connectivity index (χ4n) is 4.28. The molecule has 200 valence electrons. The number of esters is 1. The molecule has 2 amide bonds. The normalized spacial score (nSPS) is 11.5. The summed E-state index contributed by atoms with van der Waals surface area (Å²) in [4.78, 5) is 36.7. The van der Waals surface area contributed by atoms with Crippen molar-refractivity contribution in [3.8, 4) is 17.2 Å². The van der Waals surface area contributed by atoms with E-state index in [2.05, 4.69) is 10.6 Å². The molecule has 3 N–H and O–H groups in total. The van der Waals surface area contributed by atoms with Crippen molar-refractivity contribution < 1.29 is 29.0 Å². The average molecular weight is 527 g/mol. The molecule has 0 radical (unpaired) electrons. The summed E-state index contributed by atoms with van der Waals surface area (Å²) in [5.41, 5.74) is 2.82. The van der Waals surface area contributed by atoms with Crippen LogP contribution in [0, 0.1) is 13.8 Å². The third-order valence-corrected chi connectivity index (χ3v) is 6.23. The molecule has 39 heavy (non-hydrogen) atoms. The van der Waals surface area contributed by atoms with Crippen molar-refractivity contribution in [1.29, 1.82) is 0 Å². The number of aryl methyl sites for hydroxylation is 2. The van der Waals surface area contributed by atoms with E-state index in [1.165, 1.54) is 12.1 Å². The van der Waals surface area contributed by atoms with Crippen molar-refractivity contribution in [2.45, 2.75) is 33.7 Å². The Bertz CT molecular complexity index is 1540. The minimum Gasteiger partial charge on any atom is -0.507 e. The van der Waals surface area contributed by atoms with Crippen LogP contribution in [0.3, 0.4) is 0 Å². The summed E-state index contributed by atoms with van der Waals surface area (Å²) in [6.45, 7) is 7.19. The van der Waals surface area contributed by atoms with Crippen molar-refractivity contribution in [2.24, 2.45) is 0 Å². The Morgan fingerprint density at radius 1 is 0.897 bits per heavy atom. The maximum absolute atomic E-state index is 13.1. The van der Waals surface area contributed by atoms with E-state index >= 15 is 0 Å². The smallest absolute Gasteiger partial charge is 0.397 e. The zero-order chi connectivity index (χ0) is 28.1. The fraction of sp³-hybridized carbons (Fsp3) is 0.194. The SMILES string of the molecule is CCOC(=O)C(=O)Nc1cc(C)c(Oc2ccc(O)c(C(=O)N[C@H](C)c3ccc4ccccc4c3)c2)c(C)c1. The molecule has 0 fully saturated rings. The van der Waals surface area contributed by atoms with Gasteiger partial charge in [-0.2, -0.15) is 0 Å². The largest absolute Gasteiger partial charge is 0.507 e. The summed E-state index contributed by atoms with van der Waals surface area (Å²) < 4.78 is 10.8. The number of hydrogen-bond acceptors (Lipinski definition) is 6. The number of amides is 2. The lowest BCUT2D eigenvalue weighted by Crippen LogP contribution is -2.26. The standard InChI is InChI=1S/C31H30N2O6/c1-5-38-31(37)30(36)33-24-14-18(2)28(19(3)15-24)39-25-12-13-27(34)26(17-25)29(35)32-20(4)22-11-10-21-8-6-7-9-23(21)16-22/h6-17,20,34H,5H2,1-4H3,(H,32,35)(H,33,36)/t20-/m1/s1. The zero-order valence-electron chi connectivity index (χ0n) is 22.2. The van der Waals surface area contributed by atoms with Gasteiger partial charge in [0, 0.05) is 5.69 Å². The van der Waals surface area contributed by atoms with E-state index in [1.54, 1.807) is 39.0 Å². The number of rotatable bonds is 7. The third kappa shape index (κ3) is 6.35. The van der Waals surface area contributed by atoms with E-state index < -0.39 is 17.8 Å². The van der Waals surface area contributed by atoms with Gasteiger partial charge in [0.2, 0.25) is 0 Å². The first-order valence-corrected chi connectivity index (χ1v) is 12.6. The van der Waals surface area contributed by atoms with Gasteiger partial charge in [0.1, 0.15) is 17.2 Å². The zero-order valence-corrected chi connectivity index (χ0v) is 22.2. The predicted molar refractivity (Wildman–Crippen MR) is 149 cm³/mol. The van der Waals surface area contributed by atoms with Crippen molar-refractivity contribution in [2.75, 3.05) is 11.9 Å². The number of phenols is 1. The first-order valence-electron chi connectivity index (χ1n) is 12.6. The highest BCUT2D eigenvalue weighted by atomic mass is 16.5. The van der Waals surface area contributed by atoms with Crippen LogP contribution in [0.4, 0.5) is 5.69 Å². The molecule has 0 spiro atoms. The van der Waals surface area contributed by atoms with Crippen LogP contribution in [0.2, 0.25) is 0 Å². The van der Waals surface area contributed by atoms with Gasteiger partial charge in [-0.15, -0.1) is 0 Å². The lowest BCUT2D eigenvalue weighted by Gasteiger charge is -2.17. The van der Waals surface area contributed by atoms with Crippen LogP contribution in [0.15, 0.2) is 72.8 Å². The lowest BCUT2D eigenvalue weighted by molar-refractivity contribution is -0.152. The molecule has 4 aromatic carbocycles. The number of hydrogen-bond donors (Lipinski definition) is 3. The van der Waals surface area contributed by atoms with Crippen molar-refractivity contribution >= 4 is 34.2 Å². The molecule has 4 aromatic rings. The Morgan fingerprint density at radius 2 is 1.59 bits per heavy atom. The van der Waals surface area contributed by atoms with Crippen LogP contribution in [0.25, 0.3) is 10.8 Å². The van der Waals surface area contributed by atoms with Crippen molar-refractivity contribution in [3.63, 3.8) is 0 Å². The summed E-state index contributed by atoms with van der Waals surface area (Å²) in [5.74, 6) is -1.56. The van der Waals surface area contributed by atoms with Gasteiger partial charge in [0.15, 0.2) is 0 Å². The lowest BCUT2D eigenvalue weighted by atomic mass is 10.0. The molecule has 4 rings (SSSR count). The van der Waals surface area contributed by atoms with Gasteiger partial charge in [0.05, 0.1) is 18.2 Å². The highest BCUT2D eigenvalue weighted by Gasteiger charge is 2.19. The maximum Gasteiger partial charge on any atom is 0.397 e. The van der Waals surface area contributed by atoms with Crippen LogP contribution < -0.4 is 15.4 Å². The molecule has 0 aliphatic heterocycles. The molecule has 1 atom stereocenters. The number of aromatic hydroxyl groups is 1. The minimum absolute atomic E-state index is 0.0776. The summed E-state index contributed by atoms with van der Waals surface area (Å²) in [6.07, 6.45) is 0. The molecule has 0 aliphatic rings. The molecule has 8 heteroatoms. The van der Waals surface area contributed by atoms with E-state index in [4.69, 9.17) is 9.47 Å². The molecule has 0 aromatic heterocycles. The highest BCUT2D eigenvalue weighted by Crippen LogP contribution is 2.33. The van der Waals surface area contributed by atoms with E-state index in [-0.39, 0.29) is 24.0 Å². The number of benzene rings is 4. The second kappa shape index (κ2) is 11.7. The van der Waals surface area contributed by atoms with Crippen molar-refractivity contribution in [1.82, 2.24) is 5.32 Å². The number of nitrogens with one attached hydrogen (secondary N) is 2. The number of carbonyl (C=O) groups excluding carboxylic acids is 3.